The van der Waals surface area contributed by atoms with E-state index in [4.69, 9.17) is 4.74 Å². The second kappa shape index (κ2) is 7.59. The minimum Gasteiger partial charge on any atom is -0.394 e. The first kappa shape index (κ1) is 17.7. The molecule has 0 spiro atoms. The van der Waals surface area contributed by atoms with Crippen LogP contribution in [0.2, 0.25) is 0 Å². The van der Waals surface area contributed by atoms with E-state index in [9.17, 15) is 18.3 Å². The zero-order valence-electron chi connectivity index (χ0n) is 11.9. The summed E-state index contributed by atoms with van der Waals surface area (Å²) in [6.07, 6.45) is -3.90. The predicted octanol–water partition coefficient (Wildman–Crippen LogP) is 2.83. The second-order valence-electron chi connectivity index (χ2n) is 4.79. The first-order chi connectivity index (χ1) is 9.90. The number of rotatable bonds is 8. The fraction of sp³-hybridized carbons (Fsp3) is 0.467. The molecule has 1 aromatic carbocycles. The quantitative estimate of drug-likeness (QED) is 0.726. The van der Waals surface area contributed by atoms with Crippen LogP contribution in [0.3, 0.4) is 0 Å². The molecule has 0 aliphatic rings. The van der Waals surface area contributed by atoms with E-state index in [0.29, 0.717) is 5.56 Å². The molecule has 0 fully saturated rings. The molecule has 1 rings (SSSR count). The summed E-state index contributed by atoms with van der Waals surface area (Å²) in [5, 5.41) is 11.8. The third-order valence-electron chi connectivity index (χ3n) is 3.29. The molecule has 2 N–H and O–H groups in total. The van der Waals surface area contributed by atoms with E-state index < -0.39 is 30.8 Å². The number of ether oxygens (including phenoxy) is 1. The fourth-order valence-corrected chi connectivity index (χ4v) is 2.11. The molecule has 0 saturated heterocycles. The Morgan fingerprint density at radius 2 is 1.95 bits per heavy atom. The molecule has 6 heteroatoms. The molecule has 0 radical (unpaired) electrons. The molecular weight excluding hydrogens is 283 g/mol. The van der Waals surface area contributed by atoms with Gasteiger partial charge in [-0.1, -0.05) is 36.4 Å². The maximum atomic E-state index is 13.4. The van der Waals surface area contributed by atoms with Crippen LogP contribution in [-0.2, 0) is 4.74 Å². The van der Waals surface area contributed by atoms with Crippen molar-refractivity contribution in [1.29, 1.82) is 0 Å². The van der Waals surface area contributed by atoms with Gasteiger partial charge in [0.15, 0.2) is 0 Å². The summed E-state index contributed by atoms with van der Waals surface area (Å²) in [6.45, 7) is 2.33. The van der Waals surface area contributed by atoms with Gasteiger partial charge in [-0.05, 0) is 12.0 Å². The zero-order chi connectivity index (χ0) is 15.9. The number of aliphatic hydroxyl groups is 1. The Morgan fingerprint density at radius 1 is 1.33 bits per heavy atom. The fourth-order valence-electron chi connectivity index (χ4n) is 2.11. The van der Waals surface area contributed by atoms with Crippen molar-refractivity contribution in [3.8, 4) is 0 Å². The minimum absolute atomic E-state index is 0.0545. The first-order valence-electron chi connectivity index (χ1n) is 6.50. The Kier molecular flexibility index (Phi) is 6.39. The topological polar surface area (TPSA) is 41.5 Å². The molecule has 21 heavy (non-hydrogen) atoms. The molecule has 2 atom stereocenters. The summed E-state index contributed by atoms with van der Waals surface area (Å²) in [4.78, 5) is 0. The van der Waals surface area contributed by atoms with Gasteiger partial charge in [0.05, 0.1) is 19.3 Å². The maximum Gasteiger partial charge on any atom is 0.409 e. The van der Waals surface area contributed by atoms with Gasteiger partial charge in [-0.2, -0.15) is 13.2 Å². The van der Waals surface area contributed by atoms with E-state index in [1.54, 1.807) is 30.3 Å². The van der Waals surface area contributed by atoms with Crippen molar-refractivity contribution >= 4 is 0 Å². The molecule has 0 saturated carbocycles. The lowest BCUT2D eigenvalue weighted by atomic mass is 9.92. The van der Waals surface area contributed by atoms with Crippen molar-refractivity contribution in [3.05, 3.63) is 48.6 Å². The Morgan fingerprint density at radius 3 is 2.38 bits per heavy atom. The lowest BCUT2D eigenvalue weighted by molar-refractivity contribution is -0.209. The summed E-state index contributed by atoms with van der Waals surface area (Å²) >= 11 is 0. The largest absolute Gasteiger partial charge is 0.409 e. The van der Waals surface area contributed by atoms with Gasteiger partial charge in [0.1, 0.15) is 5.54 Å². The standard InChI is InChI=1S/C15H20F3NO2/c1-3-9-14(11-20,15(16,17)18)19-13(10-21-2)12-7-5-4-6-8-12/h3-8,13,19-20H,1,9-11H2,2H3/t13-,14+/m0/s1. The molecule has 0 amide bonds. The summed E-state index contributed by atoms with van der Waals surface area (Å²) in [5.41, 5.74) is -1.78. The average molecular weight is 303 g/mol. The Balaban J connectivity index is 3.10. The van der Waals surface area contributed by atoms with Gasteiger partial charge in [-0.25, -0.2) is 0 Å². The van der Waals surface area contributed by atoms with Crippen LogP contribution in [-0.4, -0.2) is 37.1 Å². The van der Waals surface area contributed by atoms with Crippen molar-refractivity contribution in [2.75, 3.05) is 20.3 Å². The van der Waals surface area contributed by atoms with E-state index in [-0.39, 0.29) is 6.61 Å². The normalized spacial score (nSPS) is 16.2. The molecule has 0 aromatic heterocycles. The first-order valence-corrected chi connectivity index (χ1v) is 6.50. The number of methoxy groups -OCH3 is 1. The summed E-state index contributed by atoms with van der Waals surface area (Å²) in [6, 6.07) is 7.99. The smallest absolute Gasteiger partial charge is 0.394 e. The van der Waals surface area contributed by atoms with Gasteiger partial charge in [0.25, 0.3) is 0 Å². The van der Waals surface area contributed by atoms with Crippen LogP contribution in [0.5, 0.6) is 0 Å². The highest BCUT2D eigenvalue weighted by Crippen LogP contribution is 2.35. The third kappa shape index (κ3) is 4.30. The van der Waals surface area contributed by atoms with Gasteiger partial charge < -0.3 is 9.84 Å². The van der Waals surface area contributed by atoms with Crippen LogP contribution in [0, 0.1) is 0 Å². The molecule has 0 aliphatic carbocycles. The summed E-state index contributed by atoms with van der Waals surface area (Å²) in [7, 11) is 1.42. The number of alkyl halides is 3. The van der Waals surface area contributed by atoms with Gasteiger partial charge in [0, 0.05) is 7.11 Å². The van der Waals surface area contributed by atoms with Crippen molar-refractivity contribution in [2.45, 2.75) is 24.2 Å². The van der Waals surface area contributed by atoms with Crippen LogP contribution in [0.1, 0.15) is 18.0 Å². The monoisotopic (exact) mass is 303 g/mol. The van der Waals surface area contributed by atoms with Crippen molar-refractivity contribution < 1.29 is 23.0 Å². The van der Waals surface area contributed by atoms with Crippen molar-refractivity contribution in [2.24, 2.45) is 0 Å². The molecule has 118 valence electrons. The van der Waals surface area contributed by atoms with Gasteiger partial charge in [0.2, 0.25) is 0 Å². The van der Waals surface area contributed by atoms with E-state index in [1.807, 2.05) is 0 Å². The van der Waals surface area contributed by atoms with Crippen molar-refractivity contribution in [1.82, 2.24) is 5.32 Å². The van der Waals surface area contributed by atoms with Gasteiger partial charge in [-0.3, -0.25) is 5.32 Å². The number of benzene rings is 1. The maximum absolute atomic E-state index is 13.4. The van der Waals surface area contributed by atoms with E-state index in [1.165, 1.54) is 7.11 Å². The van der Waals surface area contributed by atoms with Crippen molar-refractivity contribution in [3.63, 3.8) is 0 Å². The molecule has 3 nitrogen and oxygen atoms in total. The molecule has 0 heterocycles. The lowest BCUT2D eigenvalue weighted by Crippen LogP contribution is -2.60. The third-order valence-corrected chi connectivity index (χ3v) is 3.29. The average Bonchev–Trinajstić information content (AvgIpc) is 2.45. The number of nitrogens with one attached hydrogen (secondary N) is 1. The van der Waals surface area contributed by atoms with E-state index in [2.05, 4.69) is 11.9 Å². The SMILES string of the molecule is C=CC[C@](CO)(N[C@@H](COC)c1ccccc1)C(F)(F)F. The van der Waals surface area contributed by atoms with Crippen LogP contribution in [0.15, 0.2) is 43.0 Å². The lowest BCUT2D eigenvalue weighted by Gasteiger charge is -2.37. The zero-order valence-corrected chi connectivity index (χ0v) is 11.9. The Bertz CT molecular complexity index is 436. The molecule has 1 aromatic rings. The number of hydrogen-bond donors (Lipinski definition) is 2. The Labute approximate surface area is 122 Å². The Hall–Kier alpha value is -1.37. The highest BCUT2D eigenvalue weighted by Gasteiger charge is 2.54. The summed E-state index contributed by atoms with van der Waals surface area (Å²) in [5.74, 6) is 0. The van der Waals surface area contributed by atoms with Gasteiger partial charge >= 0.3 is 6.18 Å². The number of aliphatic hydroxyl groups excluding tert-OH is 1. The molecule has 0 aliphatic heterocycles. The predicted molar refractivity (Wildman–Crippen MR) is 74.9 cm³/mol. The molecule has 0 bridgehead atoms. The van der Waals surface area contributed by atoms with E-state index >= 15 is 0 Å². The highest BCUT2D eigenvalue weighted by atomic mass is 19.4. The number of hydrogen-bond acceptors (Lipinski definition) is 3. The summed E-state index contributed by atoms with van der Waals surface area (Å²) < 4.78 is 45.1. The van der Waals surface area contributed by atoms with E-state index in [0.717, 1.165) is 6.08 Å². The number of halogens is 3. The van der Waals surface area contributed by atoms with Gasteiger partial charge in [-0.15, -0.1) is 6.58 Å². The highest BCUT2D eigenvalue weighted by molar-refractivity contribution is 5.20. The molecular formula is C15H20F3NO2. The van der Waals surface area contributed by atoms with Crippen LogP contribution in [0.4, 0.5) is 13.2 Å². The molecule has 0 unspecified atom stereocenters. The second-order valence-corrected chi connectivity index (χ2v) is 4.79. The van der Waals surface area contributed by atoms with Crippen LogP contribution in [0.25, 0.3) is 0 Å². The van der Waals surface area contributed by atoms with Crippen LogP contribution < -0.4 is 5.32 Å². The minimum atomic E-state index is -4.61. The van der Waals surface area contributed by atoms with Crippen LogP contribution >= 0.6 is 0 Å².